The highest BCUT2D eigenvalue weighted by Crippen LogP contribution is 2.32. The Morgan fingerprint density at radius 1 is 1.17 bits per heavy atom. The number of methoxy groups -OCH3 is 1. The third-order valence-corrected chi connectivity index (χ3v) is 4.91. The van der Waals surface area contributed by atoms with Gasteiger partial charge in [0, 0.05) is 11.6 Å². The van der Waals surface area contributed by atoms with Gasteiger partial charge in [0.15, 0.2) is 11.5 Å². The van der Waals surface area contributed by atoms with Crippen molar-refractivity contribution >= 4 is 32.9 Å². The van der Waals surface area contributed by atoms with Crippen molar-refractivity contribution in [1.82, 2.24) is 4.98 Å². The van der Waals surface area contributed by atoms with Crippen LogP contribution in [0.5, 0.6) is 23.1 Å². The molecule has 0 unspecified atom stereocenters. The molecule has 29 heavy (non-hydrogen) atoms. The number of ether oxygens (including phenoxy) is 2. The number of rotatable bonds is 7. The number of phenolic OH excluding ortho intramolecular Hbond substituents is 1. The van der Waals surface area contributed by atoms with Crippen LogP contribution in [0.2, 0.25) is 0 Å². The Balaban J connectivity index is 1.90. The topological polar surface area (TPSA) is 104 Å². The van der Waals surface area contributed by atoms with Gasteiger partial charge in [0.25, 0.3) is 5.56 Å². The third-order valence-electron chi connectivity index (χ3n) is 4.29. The van der Waals surface area contributed by atoms with E-state index >= 15 is 0 Å². The number of phenols is 1. The van der Waals surface area contributed by atoms with E-state index in [4.69, 9.17) is 9.47 Å². The molecule has 3 rings (SSSR count). The van der Waals surface area contributed by atoms with Gasteiger partial charge < -0.3 is 19.7 Å². The summed E-state index contributed by atoms with van der Waals surface area (Å²) in [6.45, 7) is 2.80. The Morgan fingerprint density at radius 3 is 2.66 bits per heavy atom. The minimum Gasteiger partial charge on any atom is -0.504 e. The van der Waals surface area contributed by atoms with Crippen molar-refractivity contribution in [2.24, 2.45) is 4.99 Å². The van der Waals surface area contributed by atoms with Crippen molar-refractivity contribution in [3.63, 3.8) is 0 Å². The van der Waals surface area contributed by atoms with Gasteiger partial charge in [0.1, 0.15) is 5.75 Å². The SMILES string of the molecule is CCCOc1ccc(CN=Cc2c(O)[nH]c(=O)c3cc(OC)c(Br)cc23)cc1O. The number of H-pyrrole nitrogens is 1. The molecule has 152 valence electrons. The molecule has 0 spiro atoms. The van der Waals surface area contributed by atoms with Crippen molar-refractivity contribution in [3.05, 3.63) is 56.3 Å². The molecule has 3 N–H and O–H groups in total. The highest BCUT2D eigenvalue weighted by Gasteiger charge is 2.13. The Labute approximate surface area is 175 Å². The standard InChI is InChI=1S/C21H21BrN2O5/c1-3-6-29-18-5-4-12(7-17(18)25)10-23-11-15-13-8-16(22)19(28-2)9-14(13)20(26)24-21(15)27/h4-5,7-9,11,25H,3,6,10H2,1-2H3,(H2,24,26,27). The number of pyridine rings is 1. The fraction of sp³-hybridized carbons (Fsp3) is 0.238. The van der Waals surface area contributed by atoms with Gasteiger partial charge in [-0.15, -0.1) is 0 Å². The predicted molar refractivity (Wildman–Crippen MR) is 116 cm³/mol. The minimum atomic E-state index is -0.423. The number of hydrogen-bond donors (Lipinski definition) is 3. The lowest BCUT2D eigenvalue weighted by Crippen LogP contribution is -2.08. The first-order valence-corrected chi connectivity index (χ1v) is 9.80. The molecule has 0 radical (unpaired) electrons. The molecule has 2 aromatic carbocycles. The number of fused-ring (bicyclic) bond motifs is 1. The van der Waals surface area contributed by atoms with Gasteiger partial charge in [0.2, 0.25) is 5.88 Å². The van der Waals surface area contributed by atoms with Crippen LogP contribution in [0.1, 0.15) is 24.5 Å². The minimum absolute atomic E-state index is 0.0551. The molecule has 0 aliphatic heterocycles. The maximum atomic E-state index is 12.2. The van der Waals surface area contributed by atoms with Crippen molar-refractivity contribution in [2.75, 3.05) is 13.7 Å². The average Bonchev–Trinajstić information content (AvgIpc) is 2.69. The first-order valence-electron chi connectivity index (χ1n) is 9.01. The highest BCUT2D eigenvalue weighted by molar-refractivity contribution is 9.10. The molecule has 0 saturated carbocycles. The number of aromatic hydroxyl groups is 2. The quantitative estimate of drug-likeness (QED) is 0.460. The number of aromatic nitrogens is 1. The van der Waals surface area contributed by atoms with E-state index in [0.29, 0.717) is 38.9 Å². The molecule has 0 atom stereocenters. The van der Waals surface area contributed by atoms with Crippen LogP contribution in [-0.2, 0) is 6.54 Å². The zero-order valence-electron chi connectivity index (χ0n) is 16.0. The number of aromatic amines is 1. The third kappa shape index (κ3) is 4.54. The maximum Gasteiger partial charge on any atom is 0.258 e. The lowest BCUT2D eigenvalue weighted by molar-refractivity contribution is 0.299. The number of hydrogen-bond acceptors (Lipinski definition) is 6. The molecule has 1 aromatic heterocycles. The fourth-order valence-corrected chi connectivity index (χ4v) is 3.36. The van der Waals surface area contributed by atoms with E-state index in [1.807, 2.05) is 13.0 Å². The Kier molecular flexibility index (Phi) is 6.43. The summed E-state index contributed by atoms with van der Waals surface area (Å²) in [5.74, 6) is 0.731. The second-order valence-electron chi connectivity index (χ2n) is 6.37. The first kappa shape index (κ1) is 20.7. The largest absolute Gasteiger partial charge is 0.504 e. The van der Waals surface area contributed by atoms with Gasteiger partial charge in [-0.3, -0.25) is 14.8 Å². The smallest absolute Gasteiger partial charge is 0.258 e. The predicted octanol–water partition coefficient (Wildman–Crippen LogP) is 4.12. The van der Waals surface area contributed by atoms with Crippen LogP contribution in [0, 0.1) is 0 Å². The maximum absolute atomic E-state index is 12.2. The van der Waals surface area contributed by atoms with E-state index in [1.54, 1.807) is 24.3 Å². The van der Waals surface area contributed by atoms with E-state index in [9.17, 15) is 15.0 Å². The van der Waals surface area contributed by atoms with E-state index < -0.39 is 5.56 Å². The van der Waals surface area contributed by atoms with Crippen LogP contribution in [0.4, 0.5) is 0 Å². The molecule has 0 bridgehead atoms. The lowest BCUT2D eigenvalue weighted by Gasteiger charge is -2.09. The summed E-state index contributed by atoms with van der Waals surface area (Å²) >= 11 is 3.40. The van der Waals surface area contributed by atoms with Gasteiger partial charge in [-0.2, -0.15) is 0 Å². The number of nitrogens with zero attached hydrogens (tertiary/aromatic N) is 1. The summed E-state index contributed by atoms with van der Waals surface area (Å²) < 4.78 is 11.3. The van der Waals surface area contributed by atoms with Crippen molar-refractivity contribution in [1.29, 1.82) is 0 Å². The van der Waals surface area contributed by atoms with Crippen LogP contribution in [0.3, 0.4) is 0 Å². The van der Waals surface area contributed by atoms with Crippen LogP contribution in [-0.4, -0.2) is 35.1 Å². The van der Waals surface area contributed by atoms with Crippen molar-refractivity contribution in [2.45, 2.75) is 19.9 Å². The van der Waals surface area contributed by atoms with Gasteiger partial charge >= 0.3 is 0 Å². The number of aliphatic imine (C=N–C) groups is 1. The van der Waals surface area contributed by atoms with E-state index in [0.717, 1.165) is 12.0 Å². The molecule has 0 amide bonds. The molecule has 0 aliphatic rings. The molecule has 0 fully saturated rings. The second kappa shape index (κ2) is 9.00. The van der Waals surface area contributed by atoms with Crippen LogP contribution < -0.4 is 15.0 Å². The zero-order valence-corrected chi connectivity index (χ0v) is 17.6. The Bertz CT molecular complexity index is 1120. The normalized spacial score (nSPS) is 11.3. The van der Waals surface area contributed by atoms with E-state index in [-0.39, 0.29) is 18.2 Å². The van der Waals surface area contributed by atoms with Gasteiger partial charge in [-0.05, 0) is 52.2 Å². The Hall–Kier alpha value is -3.00. The number of halogens is 1. The summed E-state index contributed by atoms with van der Waals surface area (Å²) in [7, 11) is 1.51. The fourth-order valence-electron chi connectivity index (χ4n) is 2.86. The van der Waals surface area contributed by atoms with Crippen LogP contribution in [0.15, 0.2) is 44.6 Å². The highest BCUT2D eigenvalue weighted by atomic mass is 79.9. The summed E-state index contributed by atoms with van der Waals surface area (Å²) in [5, 5.41) is 21.2. The second-order valence-corrected chi connectivity index (χ2v) is 7.22. The van der Waals surface area contributed by atoms with Crippen molar-refractivity contribution < 1.29 is 19.7 Å². The van der Waals surface area contributed by atoms with Crippen molar-refractivity contribution in [3.8, 4) is 23.1 Å². The van der Waals surface area contributed by atoms with Gasteiger partial charge in [-0.25, -0.2) is 0 Å². The molecular formula is C21H21BrN2O5. The molecule has 8 heteroatoms. The molecule has 3 aromatic rings. The lowest BCUT2D eigenvalue weighted by atomic mass is 10.1. The average molecular weight is 461 g/mol. The molecule has 0 saturated heterocycles. The van der Waals surface area contributed by atoms with Crippen LogP contribution in [0.25, 0.3) is 10.8 Å². The first-order chi connectivity index (χ1) is 13.9. The zero-order chi connectivity index (χ0) is 21.0. The van der Waals surface area contributed by atoms with Crippen LogP contribution >= 0.6 is 15.9 Å². The van der Waals surface area contributed by atoms with Gasteiger partial charge in [0.05, 0.1) is 35.7 Å². The number of benzene rings is 2. The summed E-state index contributed by atoms with van der Waals surface area (Å²) in [6.07, 6.45) is 2.34. The van der Waals surface area contributed by atoms with E-state index in [1.165, 1.54) is 13.3 Å². The molecular weight excluding hydrogens is 440 g/mol. The molecule has 0 aliphatic carbocycles. The number of nitrogens with one attached hydrogen (secondary N) is 1. The summed E-state index contributed by atoms with van der Waals surface area (Å²) in [6, 6.07) is 8.41. The monoisotopic (exact) mass is 460 g/mol. The molecule has 7 nitrogen and oxygen atoms in total. The summed E-state index contributed by atoms with van der Waals surface area (Å²) in [5.41, 5.74) is 0.738. The summed E-state index contributed by atoms with van der Waals surface area (Å²) in [4.78, 5) is 19.0. The van der Waals surface area contributed by atoms with E-state index in [2.05, 4.69) is 25.9 Å². The Morgan fingerprint density at radius 2 is 1.97 bits per heavy atom. The van der Waals surface area contributed by atoms with Gasteiger partial charge in [-0.1, -0.05) is 13.0 Å². The molecule has 1 heterocycles.